The predicted octanol–water partition coefficient (Wildman–Crippen LogP) is 1.53. The van der Waals surface area contributed by atoms with Crippen molar-refractivity contribution in [3.8, 4) is 0 Å². The van der Waals surface area contributed by atoms with Crippen LogP contribution in [-0.4, -0.2) is 157 Å². The summed E-state index contributed by atoms with van der Waals surface area (Å²) in [5.74, 6) is -0.264. The Labute approximate surface area is 246 Å². The molecule has 0 unspecified atom stereocenters. The number of carbonyl (C=O) groups excluding carboxylic acids is 1. The topological polar surface area (TPSA) is 128 Å². The maximum absolute atomic E-state index is 11.5. The molecule has 0 radical (unpaired) electrons. The van der Waals surface area contributed by atoms with Crippen molar-refractivity contribution in [3.63, 3.8) is 0 Å². The zero-order chi connectivity index (χ0) is 30.1. The summed E-state index contributed by atoms with van der Waals surface area (Å²) in [5, 5.41) is 0. The molecule has 0 saturated carbocycles. The van der Waals surface area contributed by atoms with Crippen LogP contribution in [0.5, 0.6) is 0 Å². The first-order valence-corrected chi connectivity index (χ1v) is 14.4. The fourth-order valence-corrected chi connectivity index (χ4v) is 2.77. The Kier molecular flexibility index (Phi) is 31.2. The quantitative estimate of drug-likeness (QED) is 0.0799. The number of methoxy groups -OCH3 is 1. The maximum atomic E-state index is 11.5. The van der Waals surface area contributed by atoms with Gasteiger partial charge in [-0.25, -0.2) is 0 Å². The monoisotopic (exact) mass is 600 g/mol. The van der Waals surface area contributed by atoms with Crippen LogP contribution < -0.4 is 0 Å². The molecule has 13 heteroatoms. The van der Waals surface area contributed by atoms with Crippen LogP contribution in [0.15, 0.2) is 0 Å². The minimum Gasteiger partial charge on any atom is -0.460 e. The maximum Gasteiger partial charge on any atom is 0.308 e. The van der Waals surface area contributed by atoms with Crippen molar-refractivity contribution in [3.05, 3.63) is 0 Å². The molecule has 0 aliphatic heterocycles. The highest BCUT2D eigenvalue weighted by atomic mass is 16.6. The lowest BCUT2D eigenvalue weighted by Gasteiger charge is -2.19. The highest BCUT2D eigenvalue weighted by Crippen LogP contribution is 2.08. The number of hydrogen-bond acceptors (Lipinski definition) is 13. The Balaban J connectivity index is 3.09. The molecule has 0 aliphatic rings. The molecule has 0 aromatic heterocycles. The lowest BCUT2D eigenvalue weighted by molar-refractivity contribution is -0.156. The average molecular weight is 601 g/mol. The van der Waals surface area contributed by atoms with E-state index in [0.717, 1.165) is 0 Å². The Bertz CT molecular complexity index is 532. The van der Waals surface area contributed by atoms with E-state index >= 15 is 0 Å². The van der Waals surface area contributed by atoms with Crippen molar-refractivity contribution in [1.82, 2.24) is 0 Å². The van der Waals surface area contributed by atoms with Gasteiger partial charge in [0.15, 0.2) is 0 Å². The second-order valence-corrected chi connectivity index (χ2v) is 9.45. The van der Waals surface area contributed by atoms with Crippen LogP contribution in [0.1, 0.15) is 27.2 Å². The summed E-state index contributed by atoms with van der Waals surface area (Å²) in [7, 11) is 1.64. The van der Waals surface area contributed by atoms with Crippen molar-refractivity contribution in [1.29, 1.82) is 0 Å². The molecule has 0 amide bonds. The van der Waals surface area contributed by atoms with E-state index in [0.29, 0.717) is 139 Å². The largest absolute Gasteiger partial charge is 0.460 e. The molecule has 0 aromatic rings. The van der Waals surface area contributed by atoms with Crippen molar-refractivity contribution in [2.75, 3.05) is 146 Å². The fraction of sp³-hybridized carbons (Fsp3) is 0.964. The predicted molar refractivity (Wildman–Crippen MR) is 151 cm³/mol. The molecule has 0 atom stereocenters. The molecule has 0 rings (SSSR count). The SMILES string of the molecule is COCCOCCOCCOCCOCCOCCOCCOCCOCCOCCOCCC(=O)OC(C)(C)C. The first kappa shape index (κ1) is 40.0. The third kappa shape index (κ3) is 37.0. The molecule has 0 bridgehead atoms. The third-order valence-corrected chi connectivity index (χ3v) is 4.65. The van der Waals surface area contributed by atoms with Gasteiger partial charge in [0.25, 0.3) is 0 Å². The smallest absolute Gasteiger partial charge is 0.308 e. The van der Waals surface area contributed by atoms with Crippen LogP contribution in [0.25, 0.3) is 0 Å². The lowest BCUT2D eigenvalue weighted by Crippen LogP contribution is -2.24. The Hall–Kier alpha value is -0.970. The van der Waals surface area contributed by atoms with E-state index in [-0.39, 0.29) is 12.4 Å². The molecule has 0 aliphatic carbocycles. The summed E-state index contributed by atoms with van der Waals surface area (Å²) in [6.07, 6.45) is 0.234. The van der Waals surface area contributed by atoms with Gasteiger partial charge in [-0.15, -0.1) is 0 Å². The summed E-state index contributed by atoms with van der Waals surface area (Å²) in [5.41, 5.74) is -0.471. The second kappa shape index (κ2) is 32.0. The molecule has 0 heterocycles. The highest BCUT2D eigenvalue weighted by molar-refractivity contribution is 5.69. The van der Waals surface area contributed by atoms with Gasteiger partial charge in [0.1, 0.15) is 5.60 Å². The lowest BCUT2D eigenvalue weighted by atomic mass is 10.2. The molecule has 13 nitrogen and oxygen atoms in total. The van der Waals surface area contributed by atoms with E-state index in [9.17, 15) is 4.79 Å². The van der Waals surface area contributed by atoms with E-state index in [2.05, 4.69) is 0 Å². The van der Waals surface area contributed by atoms with E-state index in [1.165, 1.54) is 0 Å². The summed E-state index contributed by atoms with van der Waals surface area (Å²) >= 11 is 0. The molecule has 0 aromatic carbocycles. The average Bonchev–Trinajstić information content (AvgIpc) is 2.92. The van der Waals surface area contributed by atoms with E-state index in [1.54, 1.807) is 7.11 Å². The van der Waals surface area contributed by atoms with Crippen LogP contribution in [0, 0.1) is 0 Å². The molecule has 0 fully saturated rings. The Morgan fingerprint density at radius 3 is 0.829 bits per heavy atom. The van der Waals surface area contributed by atoms with Gasteiger partial charge < -0.3 is 56.8 Å². The van der Waals surface area contributed by atoms with Crippen molar-refractivity contribution in [2.45, 2.75) is 32.8 Å². The Morgan fingerprint density at radius 2 is 0.610 bits per heavy atom. The van der Waals surface area contributed by atoms with Gasteiger partial charge >= 0.3 is 5.97 Å². The molecule has 0 N–H and O–H groups in total. The third-order valence-electron chi connectivity index (χ3n) is 4.65. The summed E-state index contributed by atoms with van der Waals surface area (Å²) < 4.78 is 64.2. The number of ether oxygens (including phenoxy) is 12. The van der Waals surface area contributed by atoms with Crippen LogP contribution in [0.3, 0.4) is 0 Å². The summed E-state index contributed by atoms with van der Waals surface area (Å²) in [6.45, 7) is 16.0. The number of esters is 1. The van der Waals surface area contributed by atoms with Crippen molar-refractivity contribution >= 4 is 5.97 Å². The first-order valence-electron chi connectivity index (χ1n) is 14.4. The summed E-state index contributed by atoms with van der Waals surface area (Å²) in [4.78, 5) is 11.5. The van der Waals surface area contributed by atoms with Gasteiger partial charge in [0, 0.05) is 7.11 Å². The fourth-order valence-electron chi connectivity index (χ4n) is 2.77. The van der Waals surface area contributed by atoms with E-state index in [4.69, 9.17) is 56.8 Å². The van der Waals surface area contributed by atoms with Gasteiger partial charge in [-0.2, -0.15) is 0 Å². The van der Waals surface area contributed by atoms with Crippen molar-refractivity contribution < 1.29 is 61.6 Å². The first-order chi connectivity index (χ1) is 20.0. The van der Waals surface area contributed by atoms with Gasteiger partial charge in [0.2, 0.25) is 0 Å². The molecular formula is C28H56O13. The number of hydrogen-bond donors (Lipinski definition) is 0. The van der Waals surface area contributed by atoms with Gasteiger partial charge in [-0.1, -0.05) is 0 Å². The second-order valence-electron chi connectivity index (χ2n) is 9.45. The molecule has 246 valence electrons. The zero-order valence-electron chi connectivity index (χ0n) is 25.9. The van der Waals surface area contributed by atoms with E-state index < -0.39 is 5.60 Å². The molecular weight excluding hydrogens is 544 g/mol. The van der Waals surface area contributed by atoms with Crippen molar-refractivity contribution in [2.24, 2.45) is 0 Å². The van der Waals surface area contributed by atoms with Crippen LogP contribution in [0.4, 0.5) is 0 Å². The van der Waals surface area contributed by atoms with Crippen LogP contribution in [-0.2, 0) is 61.6 Å². The van der Waals surface area contributed by atoms with Gasteiger partial charge in [-0.3, -0.25) is 4.79 Å². The van der Waals surface area contributed by atoms with E-state index in [1.807, 2.05) is 20.8 Å². The molecule has 0 saturated heterocycles. The minimum absolute atomic E-state index is 0.234. The number of rotatable bonds is 33. The standard InChI is InChI=1S/C28H56O13/c1-28(2,3)41-27(29)5-6-31-9-10-33-13-14-35-17-18-37-21-22-39-25-26-40-24-23-38-20-19-36-16-15-34-12-11-32-8-7-30-4/h5-26H2,1-4H3. The molecule has 0 spiro atoms. The zero-order valence-corrected chi connectivity index (χ0v) is 25.9. The Morgan fingerprint density at radius 1 is 0.390 bits per heavy atom. The number of carbonyl (C=O) groups is 1. The highest BCUT2D eigenvalue weighted by Gasteiger charge is 2.15. The normalized spacial score (nSPS) is 11.8. The van der Waals surface area contributed by atoms with Crippen LogP contribution >= 0.6 is 0 Å². The van der Waals surface area contributed by atoms with Gasteiger partial charge in [0.05, 0.1) is 145 Å². The van der Waals surface area contributed by atoms with Crippen LogP contribution in [0.2, 0.25) is 0 Å². The van der Waals surface area contributed by atoms with Gasteiger partial charge in [-0.05, 0) is 20.8 Å². The summed E-state index contributed by atoms with van der Waals surface area (Å²) in [6, 6.07) is 0. The minimum atomic E-state index is -0.471. The molecule has 41 heavy (non-hydrogen) atoms.